The normalized spacial score (nSPS) is 12.0. The molecule has 1 unspecified atom stereocenters. The lowest BCUT2D eigenvalue weighted by atomic mass is 10.1. The third-order valence-corrected chi connectivity index (χ3v) is 4.34. The molecule has 0 aliphatic heterocycles. The number of carbonyl (C=O) groups is 1. The molecular formula is C16H21N3OS. The fourth-order valence-corrected chi connectivity index (χ4v) is 3.28. The standard InChI is InChI=1S/C16H21N3OS/c1-11-9-15(13(3)21-11)12(2)18-16(20)19(4)10-14-7-5-6-8-17-14/h5-9,12H,10H2,1-4H3,(H,18,20). The average molecular weight is 303 g/mol. The van der Waals surface area contributed by atoms with Crippen molar-refractivity contribution in [3.8, 4) is 0 Å². The first-order valence-corrected chi connectivity index (χ1v) is 7.77. The van der Waals surface area contributed by atoms with Crippen molar-refractivity contribution in [2.24, 2.45) is 0 Å². The topological polar surface area (TPSA) is 45.2 Å². The zero-order chi connectivity index (χ0) is 15.4. The number of urea groups is 1. The van der Waals surface area contributed by atoms with Gasteiger partial charge in [0.05, 0.1) is 18.3 Å². The van der Waals surface area contributed by atoms with Gasteiger partial charge in [-0.05, 0) is 44.5 Å². The summed E-state index contributed by atoms with van der Waals surface area (Å²) in [4.78, 5) is 20.6. The second kappa shape index (κ2) is 6.72. The molecule has 2 rings (SSSR count). The van der Waals surface area contributed by atoms with Crippen LogP contribution in [0, 0.1) is 13.8 Å². The van der Waals surface area contributed by atoms with E-state index >= 15 is 0 Å². The second-order valence-electron chi connectivity index (χ2n) is 5.22. The molecule has 4 nitrogen and oxygen atoms in total. The van der Waals surface area contributed by atoms with Crippen molar-refractivity contribution in [1.82, 2.24) is 15.2 Å². The summed E-state index contributed by atoms with van der Waals surface area (Å²) < 4.78 is 0. The third kappa shape index (κ3) is 4.04. The van der Waals surface area contributed by atoms with Crippen LogP contribution in [0.5, 0.6) is 0 Å². The van der Waals surface area contributed by atoms with Gasteiger partial charge >= 0.3 is 6.03 Å². The van der Waals surface area contributed by atoms with Crippen LogP contribution in [0.3, 0.4) is 0 Å². The largest absolute Gasteiger partial charge is 0.331 e. The summed E-state index contributed by atoms with van der Waals surface area (Å²) in [5, 5.41) is 3.04. The van der Waals surface area contributed by atoms with E-state index in [1.165, 1.54) is 15.3 Å². The Labute approximate surface area is 129 Å². The minimum absolute atomic E-state index is 0.00799. The van der Waals surface area contributed by atoms with Crippen LogP contribution in [-0.2, 0) is 6.54 Å². The van der Waals surface area contributed by atoms with E-state index in [1.807, 2.05) is 25.1 Å². The van der Waals surface area contributed by atoms with Crippen LogP contribution in [0.4, 0.5) is 4.79 Å². The van der Waals surface area contributed by atoms with Gasteiger partial charge in [0, 0.05) is 23.0 Å². The van der Waals surface area contributed by atoms with Gasteiger partial charge in [0.2, 0.25) is 0 Å². The second-order valence-corrected chi connectivity index (χ2v) is 6.68. The average Bonchev–Trinajstić information content (AvgIpc) is 2.78. The van der Waals surface area contributed by atoms with E-state index in [2.05, 4.69) is 30.2 Å². The van der Waals surface area contributed by atoms with Gasteiger partial charge in [-0.3, -0.25) is 4.98 Å². The molecule has 2 amide bonds. The van der Waals surface area contributed by atoms with Gasteiger partial charge in [0.1, 0.15) is 0 Å². The molecule has 112 valence electrons. The Morgan fingerprint density at radius 2 is 2.19 bits per heavy atom. The highest BCUT2D eigenvalue weighted by molar-refractivity contribution is 7.12. The number of thiophene rings is 1. The molecule has 2 aromatic heterocycles. The van der Waals surface area contributed by atoms with Crippen LogP contribution >= 0.6 is 11.3 Å². The summed E-state index contributed by atoms with van der Waals surface area (Å²) in [6.07, 6.45) is 1.74. The summed E-state index contributed by atoms with van der Waals surface area (Å²) in [6, 6.07) is 7.77. The molecule has 0 fully saturated rings. The van der Waals surface area contributed by atoms with Crippen molar-refractivity contribution in [2.45, 2.75) is 33.4 Å². The SMILES string of the molecule is Cc1cc(C(C)NC(=O)N(C)Cc2ccccn2)c(C)s1. The van der Waals surface area contributed by atoms with Crippen LogP contribution in [-0.4, -0.2) is 23.0 Å². The maximum atomic E-state index is 12.2. The molecule has 0 saturated carbocycles. The summed E-state index contributed by atoms with van der Waals surface area (Å²) in [5.41, 5.74) is 2.07. The van der Waals surface area contributed by atoms with Gasteiger partial charge in [0.15, 0.2) is 0 Å². The lowest BCUT2D eigenvalue weighted by molar-refractivity contribution is 0.203. The Bertz CT molecular complexity index is 609. The maximum absolute atomic E-state index is 12.2. The Morgan fingerprint density at radius 1 is 1.43 bits per heavy atom. The molecule has 0 aliphatic rings. The monoisotopic (exact) mass is 303 g/mol. The van der Waals surface area contributed by atoms with Gasteiger partial charge in [0.25, 0.3) is 0 Å². The van der Waals surface area contributed by atoms with E-state index in [9.17, 15) is 4.79 Å². The third-order valence-electron chi connectivity index (χ3n) is 3.36. The van der Waals surface area contributed by atoms with Crippen molar-refractivity contribution in [2.75, 3.05) is 7.05 Å². The molecular weight excluding hydrogens is 282 g/mol. The number of aryl methyl sites for hydroxylation is 2. The Hall–Kier alpha value is -1.88. The summed E-state index contributed by atoms with van der Waals surface area (Å²) >= 11 is 1.76. The highest BCUT2D eigenvalue weighted by Crippen LogP contribution is 2.26. The number of rotatable bonds is 4. The molecule has 0 aliphatic carbocycles. The zero-order valence-electron chi connectivity index (χ0n) is 12.9. The van der Waals surface area contributed by atoms with Gasteiger partial charge in [-0.25, -0.2) is 4.79 Å². The number of nitrogens with one attached hydrogen (secondary N) is 1. The molecule has 5 heteroatoms. The molecule has 2 aromatic rings. The molecule has 0 spiro atoms. The van der Waals surface area contributed by atoms with Gasteiger partial charge in [-0.2, -0.15) is 0 Å². The predicted octanol–water partition coefficient (Wildman–Crippen LogP) is 3.66. The Morgan fingerprint density at radius 3 is 2.76 bits per heavy atom. The van der Waals surface area contributed by atoms with Gasteiger partial charge in [-0.15, -0.1) is 11.3 Å². The van der Waals surface area contributed by atoms with E-state index < -0.39 is 0 Å². The predicted molar refractivity (Wildman–Crippen MR) is 86.4 cm³/mol. The van der Waals surface area contributed by atoms with Gasteiger partial charge in [-0.1, -0.05) is 6.07 Å². The first-order valence-electron chi connectivity index (χ1n) is 6.96. The molecule has 21 heavy (non-hydrogen) atoms. The van der Waals surface area contributed by atoms with E-state index in [-0.39, 0.29) is 12.1 Å². The fraction of sp³-hybridized carbons (Fsp3) is 0.375. The zero-order valence-corrected chi connectivity index (χ0v) is 13.7. The molecule has 0 radical (unpaired) electrons. The van der Waals surface area contributed by atoms with Crippen LogP contribution in [0.2, 0.25) is 0 Å². The quantitative estimate of drug-likeness (QED) is 0.937. The van der Waals surface area contributed by atoms with Crippen molar-refractivity contribution < 1.29 is 4.79 Å². The molecule has 1 N–H and O–H groups in total. The number of amides is 2. The number of pyridine rings is 1. The summed E-state index contributed by atoms with van der Waals surface area (Å²) in [5.74, 6) is 0. The lowest BCUT2D eigenvalue weighted by Crippen LogP contribution is -2.38. The van der Waals surface area contributed by atoms with Crippen molar-refractivity contribution in [3.63, 3.8) is 0 Å². The number of hydrogen-bond donors (Lipinski definition) is 1. The Kier molecular flexibility index (Phi) is 4.96. The maximum Gasteiger partial charge on any atom is 0.317 e. The molecule has 0 saturated heterocycles. The molecule has 1 atom stereocenters. The molecule has 2 heterocycles. The highest BCUT2D eigenvalue weighted by Gasteiger charge is 2.16. The van der Waals surface area contributed by atoms with E-state index in [0.717, 1.165) is 5.69 Å². The van der Waals surface area contributed by atoms with Gasteiger partial charge < -0.3 is 10.2 Å². The van der Waals surface area contributed by atoms with Crippen molar-refractivity contribution in [3.05, 3.63) is 51.5 Å². The van der Waals surface area contributed by atoms with E-state index in [1.54, 1.807) is 29.5 Å². The number of nitrogens with zero attached hydrogens (tertiary/aromatic N) is 2. The minimum Gasteiger partial charge on any atom is -0.331 e. The summed E-state index contributed by atoms with van der Waals surface area (Å²) in [7, 11) is 1.78. The number of aromatic nitrogens is 1. The smallest absolute Gasteiger partial charge is 0.317 e. The molecule has 0 bridgehead atoms. The highest BCUT2D eigenvalue weighted by atomic mass is 32.1. The van der Waals surface area contributed by atoms with Crippen molar-refractivity contribution >= 4 is 17.4 Å². The first kappa shape index (κ1) is 15.5. The van der Waals surface area contributed by atoms with E-state index in [4.69, 9.17) is 0 Å². The fourth-order valence-electron chi connectivity index (χ4n) is 2.26. The van der Waals surface area contributed by atoms with Crippen molar-refractivity contribution in [1.29, 1.82) is 0 Å². The molecule has 0 aromatic carbocycles. The van der Waals surface area contributed by atoms with Crippen LogP contribution in [0.1, 0.15) is 34.0 Å². The van der Waals surface area contributed by atoms with Crippen LogP contribution in [0.15, 0.2) is 30.5 Å². The van der Waals surface area contributed by atoms with Crippen LogP contribution in [0.25, 0.3) is 0 Å². The lowest BCUT2D eigenvalue weighted by Gasteiger charge is -2.21. The van der Waals surface area contributed by atoms with Crippen LogP contribution < -0.4 is 5.32 Å². The summed E-state index contributed by atoms with van der Waals surface area (Å²) in [6.45, 7) is 6.69. The first-order chi connectivity index (χ1) is 9.97. The Balaban J connectivity index is 1.96. The minimum atomic E-state index is -0.0867. The number of carbonyl (C=O) groups excluding carboxylic acids is 1. The number of hydrogen-bond acceptors (Lipinski definition) is 3. The van der Waals surface area contributed by atoms with E-state index in [0.29, 0.717) is 6.54 Å².